The van der Waals surface area contributed by atoms with Crippen molar-refractivity contribution in [2.75, 3.05) is 24.5 Å². The van der Waals surface area contributed by atoms with Crippen LogP contribution >= 0.6 is 0 Å². The lowest BCUT2D eigenvalue weighted by Gasteiger charge is -2.31. The lowest BCUT2D eigenvalue weighted by atomic mass is 9.96. The Morgan fingerprint density at radius 2 is 1.90 bits per heavy atom. The summed E-state index contributed by atoms with van der Waals surface area (Å²) in [4.78, 5) is 11.7. The second-order valence-corrected chi connectivity index (χ2v) is 7.22. The van der Waals surface area contributed by atoms with Crippen molar-refractivity contribution in [3.63, 3.8) is 0 Å². The second-order valence-electron chi connectivity index (χ2n) is 7.22. The highest BCUT2D eigenvalue weighted by Crippen LogP contribution is 2.45. The molecule has 0 radical (unpaired) electrons. The van der Waals surface area contributed by atoms with E-state index in [2.05, 4.69) is 37.6 Å². The summed E-state index contributed by atoms with van der Waals surface area (Å²) in [5.41, 5.74) is 7.22. The summed E-state index contributed by atoms with van der Waals surface area (Å²) >= 11 is 0. The zero-order valence-corrected chi connectivity index (χ0v) is 13.5. The normalized spacial score (nSPS) is 24.1. The van der Waals surface area contributed by atoms with Crippen LogP contribution in [0.2, 0.25) is 0 Å². The van der Waals surface area contributed by atoms with Gasteiger partial charge in [-0.3, -0.25) is 0 Å². The largest absolute Gasteiger partial charge is 0.359 e. The molecule has 21 heavy (non-hydrogen) atoms. The number of nitrogens with zero attached hydrogens (tertiary/aromatic N) is 3. The molecule has 0 bridgehead atoms. The number of hydrogen-bond acceptors (Lipinski definition) is 5. The molecule has 5 heteroatoms. The van der Waals surface area contributed by atoms with Crippen LogP contribution in [0.3, 0.4) is 0 Å². The SMILES string of the molecule is CC1(C)OC(C)(C)c2nc(N3CCC(CN)CC3)ncc21. The van der Waals surface area contributed by atoms with Crippen LogP contribution in [0.15, 0.2) is 6.20 Å². The van der Waals surface area contributed by atoms with Gasteiger partial charge in [0.25, 0.3) is 0 Å². The van der Waals surface area contributed by atoms with E-state index >= 15 is 0 Å². The summed E-state index contributed by atoms with van der Waals surface area (Å²) in [5, 5.41) is 0. The first kappa shape index (κ1) is 14.7. The van der Waals surface area contributed by atoms with Crippen LogP contribution in [-0.4, -0.2) is 29.6 Å². The molecule has 0 aliphatic carbocycles. The van der Waals surface area contributed by atoms with Crippen molar-refractivity contribution < 1.29 is 4.74 Å². The number of hydrogen-bond donors (Lipinski definition) is 1. The van der Waals surface area contributed by atoms with E-state index in [4.69, 9.17) is 15.5 Å². The highest BCUT2D eigenvalue weighted by atomic mass is 16.5. The van der Waals surface area contributed by atoms with E-state index in [9.17, 15) is 0 Å². The lowest BCUT2D eigenvalue weighted by Crippen LogP contribution is -2.37. The highest BCUT2D eigenvalue weighted by Gasteiger charge is 2.45. The van der Waals surface area contributed by atoms with Gasteiger partial charge in [0, 0.05) is 24.8 Å². The Labute approximate surface area is 126 Å². The van der Waals surface area contributed by atoms with Crippen LogP contribution in [0.1, 0.15) is 51.8 Å². The van der Waals surface area contributed by atoms with Crippen LogP contribution < -0.4 is 10.6 Å². The summed E-state index contributed by atoms with van der Waals surface area (Å²) in [5.74, 6) is 1.48. The van der Waals surface area contributed by atoms with E-state index in [0.29, 0.717) is 5.92 Å². The minimum absolute atomic E-state index is 0.316. The fraction of sp³-hybridized carbons (Fsp3) is 0.750. The first-order valence-corrected chi connectivity index (χ1v) is 7.86. The summed E-state index contributed by atoms with van der Waals surface area (Å²) in [6.07, 6.45) is 4.20. The van der Waals surface area contributed by atoms with Gasteiger partial charge in [0.05, 0.1) is 11.3 Å². The Bertz CT molecular complexity index is 533. The molecule has 1 fully saturated rings. The maximum atomic E-state index is 6.15. The van der Waals surface area contributed by atoms with Gasteiger partial charge in [-0.1, -0.05) is 0 Å². The molecular weight excluding hydrogens is 264 g/mol. The average Bonchev–Trinajstić information content (AvgIpc) is 2.64. The minimum Gasteiger partial charge on any atom is -0.359 e. The van der Waals surface area contributed by atoms with Crippen LogP contribution in [0.5, 0.6) is 0 Å². The number of ether oxygens (including phenoxy) is 1. The average molecular weight is 290 g/mol. The van der Waals surface area contributed by atoms with E-state index < -0.39 is 0 Å². The minimum atomic E-state index is -0.355. The molecule has 1 aromatic heterocycles. The lowest BCUT2D eigenvalue weighted by molar-refractivity contribution is -0.106. The fourth-order valence-corrected chi connectivity index (χ4v) is 3.53. The highest BCUT2D eigenvalue weighted by molar-refractivity contribution is 5.40. The Morgan fingerprint density at radius 3 is 2.52 bits per heavy atom. The van der Waals surface area contributed by atoms with Crippen molar-refractivity contribution in [3.05, 3.63) is 17.5 Å². The molecule has 0 spiro atoms. The van der Waals surface area contributed by atoms with E-state index in [1.807, 2.05) is 6.20 Å². The van der Waals surface area contributed by atoms with E-state index in [-0.39, 0.29) is 11.2 Å². The van der Waals surface area contributed by atoms with E-state index in [1.54, 1.807) is 0 Å². The molecular formula is C16H26N4O. The molecule has 3 heterocycles. The predicted molar refractivity (Wildman–Crippen MR) is 83.2 cm³/mol. The van der Waals surface area contributed by atoms with E-state index in [0.717, 1.165) is 49.7 Å². The molecule has 5 nitrogen and oxygen atoms in total. The van der Waals surface area contributed by atoms with Gasteiger partial charge in [-0.05, 0) is 53.0 Å². The van der Waals surface area contributed by atoms with Crippen molar-refractivity contribution in [1.82, 2.24) is 9.97 Å². The zero-order valence-electron chi connectivity index (χ0n) is 13.5. The van der Waals surface area contributed by atoms with Crippen molar-refractivity contribution >= 4 is 5.95 Å². The standard InChI is InChI=1S/C16H26N4O/c1-15(2)12-10-18-14(19-13(12)16(3,4)21-15)20-7-5-11(9-17)6-8-20/h10-11H,5-9,17H2,1-4H3. The molecule has 2 aliphatic heterocycles. The maximum absolute atomic E-state index is 6.15. The zero-order chi connectivity index (χ0) is 15.3. The quantitative estimate of drug-likeness (QED) is 0.904. The predicted octanol–water partition coefficient (Wildman–Crippen LogP) is 2.15. The molecule has 0 saturated carbocycles. The van der Waals surface area contributed by atoms with Gasteiger partial charge in [0.1, 0.15) is 5.60 Å². The van der Waals surface area contributed by atoms with Crippen LogP contribution in [0.25, 0.3) is 0 Å². The Morgan fingerprint density at radius 1 is 1.24 bits per heavy atom. The van der Waals surface area contributed by atoms with Crippen molar-refractivity contribution in [1.29, 1.82) is 0 Å². The third-order valence-corrected chi connectivity index (χ3v) is 4.74. The van der Waals surface area contributed by atoms with Gasteiger partial charge in [-0.25, -0.2) is 9.97 Å². The number of nitrogens with two attached hydrogens (primary N) is 1. The monoisotopic (exact) mass is 290 g/mol. The topological polar surface area (TPSA) is 64.3 Å². The van der Waals surface area contributed by atoms with Gasteiger partial charge in [-0.15, -0.1) is 0 Å². The molecule has 0 amide bonds. The first-order valence-electron chi connectivity index (χ1n) is 7.86. The maximum Gasteiger partial charge on any atom is 0.225 e. The van der Waals surface area contributed by atoms with Gasteiger partial charge < -0.3 is 15.4 Å². The Kier molecular flexibility index (Phi) is 3.45. The molecule has 0 atom stereocenters. The number of anilines is 1. The fourth-order valence-electron chi connectivity index (χ4n) is 3.53. The molecule has 2 aliphatic rings. The third-order valence-electron chi connectivity index (χ3n) is 4.74. The van der Waals surface area contributed by atoms with Gasteiger partial charge >= 0.3 is 0 Å². The van der Waals surface area contributed by atoms with Crippen molar-refractivity contribution in [2.24, 2.45) is 11.7 Å². The summed E-state index contributed by atoms with van der Waals surface area (Å²) in [7, 11) is 0. The van der Waals surface area contributed by atoms with Gasteiger partial charge in [0.15, 0.2) is 0 Å². The summed E-state index contributed by atoms with van der Waals surface area (Å²) in [6, 6.07) is 0. The number of fused-ring (bicyclic) bond motifs is 1. The van der Waals surface area contributed by atoms with Crippen molar-refractivity contribution in [2.45, 2.75) is 51.7 Å². The molecule has 1 aromatic rings. The second kappa shape index (κ2) is 4.92. The van der Waals surface area contributed by atoms with Crippen LogP contribution in [-0.2, 0) is 15.9 Å². The smallest absolute Gasteiger partial charge is 0.225 e. The number of aromatic nitrogens is 2. The van der Waals surface area contributed by atoms with Gasteiger partial charge in [0.2, 0.25) is 5.95 Å². The molecule has 2 N–H and O–H groups in total. The van der Waals surface area contributed by atoms with Crippen molar-refractivity contribution in [3.8, 4) is 0 Å². The Hall–Kier alpha value is -1.20. The molecule has 3 rings (SSSR count). The van der Waals surface area contributed by atoms with Crippen LogP contribution in [0, 0.1) is 5.92 Å². The number of piperidine rings is 1. The van der Waals surface area contributed by atoms with E-state index in [1.165, 1.54) is 0 Å². The number of rotatable bonds is 2. The Balaban J connectivity index is 1.87. The molecule has 1 saturated heterocycles. The molecule has 0 unspecified atom stereocenters. The molecule has 116 valence electrons. The van der Waals surface area contributed by atoms with Gasteiger partial charge in [-0.2, -0.15) is 0 Å². The third kappa shape index (κ3) is 2.53. The first-order chi connectivity index (χ1) is 9.83. The van der Waals surface area contributed by atoms with Crippen LogP contribution in [0.4, 0.5) is 5.95 Å². The molecule has 0 aromatic carbocycles. The summed E-state index contributed by atoms with van der Waals surface area (Å²) in [6.45, 7) is 11.1. The summed E-state index contributed by atoms with van der Waals surface area (Å²) < 4.78 is 6.15.